The van der Waals surface area contributed by atoms with Crippen molar-refractivity contribution in [3.05, 3.63) is 0 Å². The Labute approximate surface area is 82.1 Å². The van der Waals surface area contributed by atoms with Gasteiger partial charge < -0.3 is 15.3 Å². The minimum atomic E-state index is -0.219. The van der Waals surface area contributed by atoms with E-state index in [4.69, 9.17) is 5.11 Å². The second-order valence-corrected chi connectivity index (χ2v) is 4.07. The molecule has 0 bridgehead atoms. The highest BCUT2D eigenvalue weighted by Gasteiger charge is 2.01. The molecule has 0 rings (SSSR count). The van der Waals surface area contributed by atoms with Gasteiger partial charge in [0.15, 0.2) is 0 Å². The monoisotopic (exact) mass is 188 g/mol. The van der Waals surface area contributed by atoms with E-state index in [9.17, 15) is 0 Å². The number of aliphatic hydroxyl groups is 1. The van der Waals surface area contributed by atoms with Gasteiger partial charge in [-0.15, -0.1) is 0 Å². The molecule has 0 spiro atoms. The predicted octanol–water partition coefficient (Wildman–Crippen LogP) is 0.687. The summed E-state index contributed by atoms with van der Waals surface area (Å²) in [6, 6.07) is 0.571. The van der Waals surface area contributed by atoms with Crippen LogP contribution in [0.2, 0.25) is 0 Å². The Morgan fingerprint density at radius 1 is 1.31 bits per heavy atom. The number of likely N-dealkylation sites (N-methyl/N-ethyl adjacent to an activating group) is 1. The summed E-state index contributed by atoms with van der Waals surface area (Å²) >= 11 is 0. The Bertz CT molecular complexity index is 115. The first kappa shape index (κ1) is 12.9. The molecule has 0 aromatic rings. The van der Waals surface area contributed by atoms with E-state index in [1.54, 1.807) is 0 Å². The molecule has 1 atom stereocenters. The summed E-state index contributed by atoms with van der Waals surface area (Å²) in [7, 11) is 2.04. The number of hydrogen-bond acceptors (Lipinski definition) is 3. The highest BCUT2D eigenvalue weighted by Crippen LogP contribution is 1.90. The van der Waals surface area contributed by atoms with Crippen molar-refractivity contribution in [3.63, 3.8) is 0 Å². The zero-order valence-corrected chi connectivity index (χ0v) is 9.38. The van der Waals surface area contributed by atoms with Crippen molar-refractivity contribution < 1.29 is 5.11 Å². The van der Waals surface area contributed by atoms with Crippen LogP contribution in [0, 0.1) is 0 Å². The van der Waals surface area contributed by atoms with Crippen molar-refractivity contribution in [3.8, 4) is 0 Å². The van der Waals surface area contributed by atoms with Crippen molar-refractivity contribution in [1.29, 1.82) is 0 Å². The highest BCUT2D eigenvalue weighted by molar-refractivity contribution is 4.58. The van der Waals surface area contributed by atoms with Crippen molar-refractivity contribution in [1.82, 2.24) is 10.2 Å². The van der Waals surface area contributed by atoms with Crippen LogP contribution in [0.25, 0.3) is 0 Å². The lowest BCUT2D eigenvalue weighted by molar-refractivity contribution is 0.140. The lowest BCUT2D eigenvalue weighted by Crippen LogP contribution is -2.31. The summed E-state index contributed by atoms with van der Waals surface area (Å²) in [4.78, 5) is 2.16. The van der Waals surface area contributed by atoms with E-state index < -0.39 is 0 Å². The maximum absolute atomic E-state index is 9.11. The fraction of sp³-hybridized carbons (Fsp3) is 1.00. The van der Waals surface area contributed by atoms with Gasteiger partial charge in [0.05, 0.1) is 6.10 Å². The average molecular weight is 188 g/mol. The maximum Gasteiger partial charge on any atom is 0.0638 e. The molecular weight excluding hydrogens is 164 g/mol. The summed E-state index contributed by atoms with van der Waals surface area (Å²) in [6.45, 7) is 9.00. The van der Waals surface area contributed by atoms with Crippen LogP contribution in [-0.4, -0.2) is 48.8 Å². The molecule has 0 aliphatic heterocycles. The molecule has 80 valence electrons. The standard InChI is InChI=1S/C10H24N2O/c1-9(2)11-6-5-7-12(4)8-10(3)13/h9-11,13H,5-8H2,1-4H3. The third-order valence-electron chi connectivity index (χ3n) is 1.85. The first-order chi connectivity index (χ1) is 6.02. The molecule has 0 aliphatic rings. The van der Waals surface area contributed by atoms with Gasteiger partial charge in [-0.1, -0.05) is 13.8 Å². The molecule has 0 aromatic heterocycles. The number of nitrogens with one attached hydrogen (secondary N) is 1. The van der Waals surface area contributed by atoms with Crippen molar-refractivity contribution in [2.24, 2.45) is 0 Å². The molecule has 3 heteroatoms. The minimum Gasteiger partial charge on any atom is -0.392 e. The highest BCUT2D eigenvalue weighted by atomic mass is 16.3. The Balaban J connectivity index is 3.22. The average Bonchev–Trinajstić information content (AvgIpc) is 1.96. The molecule has 3 nitrogen and oxygen atoms in total. The molecule has 0 aromatic carbocycles. The van der Waals surface area contributed by atoms with E-state index in [0.29, 0.717) is 6.04 Å². The van der Waals surface area contributed by atoms with E-state index in [1.165, 1.54) is 0 Å². The lowest BCUT2D eigenvalue weighted by atomic mass is 10.3. The molecule has 13 heavy (non-hydrogen) atoms. The van der Waals surface area contributed by atoms with Gasteiger partial charge in [-0.3, -0.25) is 0 Å². The van der Waals surface area contributed by atoms with Crippen LogP contribution in [0.3, 0.4) is 0 Å². The predicted molar refractivity (Wildman–Crippen MR) is 56.9 cm³/mol. The zero-order chi connectivity index (χ0) is 10.3. The van der Waals surface area contributed by atoms with Crippen LogP contribution in [-0.2, 0) is 0 Å². The number of hydrogen-bond donors (Lipinski definition) is 2. The summed E-state index contributed by atoms with van der Waals surface area (Å²) in [5.74, 6) is 0. The van der Waals surface area contributed by atoms with E-state index in [-0.39, 0.29) is 6.10 Å². The second kappa shape index (κ2) is 7.30. The Kier molecular flexibility index (Phi) is 7.23. The van der Waals surface area contributed by atoms with Gasteiger partial charge in [-0.25, -0.2) is 0 Å². The van der Waals surface area contributed by atoms with Crippen LogP contribution < -0.4 is 5.32 Å². The van der Waals surface area contributed by atoms with E-state index in [2.05, 4.69) is 24.1 Å². The fourth-order valence-corrected chi connectivity index (χ4v) is 1.28. The van der Waals surface area contributed by atoms with Gasteiger partial charge in [0, 0.05) is 12.6 Å². The Morgan fingerprint density at radius 3 is 2.38 bits per heavy atom. The van der Waals surface area contributed by atoms with Crippen LogP contribution in [0.4, 0.5) is 0 Å². The van der Waals surface area contributed by atoms with E-state index >= 15 is 0 Å². The van der Waals surface area contributed by atoms with Crippen LogP contribution in [0.1, 0.15) is 27.2 Å². The summed E-state index contributed by atoms with van der Waals surface area (Å²) in [5, 5.41) is 12.5. The summed E-state index contributed by atoms with van der Waals surface area (Å²) < 4.78 is 0. The van der Waals surface area contributed by atoms with Crippen LogP contribution in [0.5, 0.6) is 0 Å². The largest absolute Gasteiger partial charge is 0.392 e. The number of aliphatic hydroxyl groups excluding tert-OH is 1. The van der Waals surface area contributed by atoms with Gasteiger partial charge in [0.1, 0.15) is 0 Å². The van der Waals surface area contributed by atoms with Gasteiger partial charge in [0.25, 0.3) is 0 Å². The van der Waals surface area contributed by atoms with Crippen molar-refractivity contribution in [2.45, 2.75) is 39.3 Å². The zero-order valence-electron chi connectivity index (χ0n) is 9.38. The molecule has 0 aliphatic carbocycles. The minimum absolute atomic E-state index is 0.219. The normalized spacial score (nSPS) is 14.1. The maximum atomic E-state index is 9.11. The van der Waals surface area contributed by atoms with Gasteiger partial charge in [0.2, 0.25) is 0 Å². The molecule has 0 fully saturated rings. The van der Waals surface area contributed by atoms with Gasteiger partial charge >= 0.3 is 0 Å². The summed E-state index contributed by atoms with van der Waals surface area (Å²) in [6.07, 6.45) is 0.921. The molecule has 0 heterocycles. The molecule has 1 unspecified atom stereocenters. The molecule has 2 N–H and O–H groups in total. The molecule has 0 amide bonds. The lowest BCUT2D eigenvalue weighted by Gasteiger charge is -2.18. The Hall–Kier alpha value is -0.120. The van der Waals surface area contributed by atoms with Gasteiger partial charge in [-0.05, 0) is 33.5 Å². The fourth-order valence-electron chi connectivity index (χ4n) is 1.28. The number of nitrogens with zero attached hydrogens (tertiary/aromatic N) is 1. The van der Waals surface area contributed by atoms with Crippen molar-refractivity contribution in [2.75, 3.05) is 26.7 Å². The van der Waals surface area contributed by atoms with Crippen molar-refractivity contribution >= 4 is 0 Å². The molecule has 0 saturated heterocycles. The quantitative estimate of drug-likeness (QED) is 0.577. The smallest absolute Gasteiger partial charge is 0.0638 e. The number of rotatable bonds is 7. The van der Waals surface area contributed by atoms with E-state index in [0.717, 1.165) is 26.1 Å². The summed E-state index contributed by atoms with van der Waals surface area (Å²) in [5.41, 5.74) is 0. The SMILES string of the molecule is CC(O)CN(C)CCCNC(C)C. The first-order valence-corrected chi connectivity index (χ1v) is 5.12. The third-order valence-corrected chi connectivity index (χ3v) is 1.85. The molecule has 0 saturated carbocycles. The topological polar surface area (TPSA) is 35.5 Å². The molecular formula is C10H24N2O. The third kappa shape index (κ3) is 9.80. The Morgan fingerprint density at radius 2 is 1.92 bits per heavy atom. The first-order valence-electron chi connectivity index (χ1n) is 5.12. The van der Waals surface area contributed by atoms with Gasteiger partial charge in [-0.2, -0.15) is 0 Å². The molecule has 0 radical (unpaired) electrons. The van der Waals surface area contributed by atoms with E-state index in [1.807, 2.05) is 14.0 Å². The van der Waals surface area contributed by atoms with Crippen LogP contribution >= 0.6 is 0 Å². The second-order valence-electron chi connectivity index (χ2n) is 4.07. The van der Waals surface area contributed by atoms with Crippen LogP contribution in [0.15, 0.2) is 0 Å².